The molecule has 0 saturated carbocycles. The van der Waals surface area contributed by atoms with Crippen molar-refractivity contribution < 1.29 is 33.4 Å². The molecule has 9 nitrogen and oxygen atoms in total. The molecule has 29 heavy (non-hydrogen) atoms. The highest BCUT2D eigenvalue weighted by molar-refractivity contribution is 6.23. The van der Waals surface area contributed by atoms with E-state index in [1.165, 1.54) is 12.0 Å². The number of amides is 3. The molecule has 3 amide bonds. The van der Waals surface area contributed by atoms with E-state index in [0.717, 1.165) is 4.90 Å². The van der Waals surface area contributed by atoms with Crippen LogP contribution in [0, 0.1) is 0 Å². The van der Waals surface area contributed by atoms with Gasteiger partial charge >= 0.3 is 5.97 Å². The Kier molecular flexibility index (Phi) is 4.01. The summed E-state index contributed by atoms with van der Waals surface area (Å²) in [7, 11) is 1.26. The summed E-state index contributed by atoms with van der Waals surface area (Å²) in [5.41, 5.74) is 0.581. The molecule has 1 aromatic rings. The first-order chi connectivity index (χ1) is 14.0. The van der Waals surface area contributed by atoms with Crippen molar-refractivity contribution in [2.45, 2.75) is 43.2 Å². The molecule has 4 heterocycles. The van der Waals surface area contributed by atoms with Gasteiger partial charge in [0.1, 0.15) is 12.1 Å². The summed E-state index contributed by atoms with van der Waals surface area (Å²) < 4.78 is 16.5. The largest absolute Gasteiger partial charge is 0.467 e. The summed E-state index contributed by atoms with van der Waals surface area (Å²) in [6.45, 7) is 0.826. The zero-order valence-corrected chi connectivity index (χ0v) is 15.8. The van der Waals surface area contributed by atoms with E-state index in [2.05, 4.69) is 0 Å². The van der Waals surface area contributed by atoms with Crippen LogP contribution in [0.3, 0.4) is 0 Å². The lowest BCUT2D eigenvalue weighted by molar-refractivity contribution is -0.211. The number of benzene rings is 1. The third kappa shape index (κ3) is 2.54. The number of imide groups is 1. The molecule has 152 valence electrons. The van der Waals surface area contributed by atoms with Crippen molar-refractivity contribution in [2.24, 2.45) is 0 Å². The van der Waals surface area contributed by atoms with Gasteiger partial charge in [-0.2, -0.15) is 0 Å². The molecule has 3 saturated heterocycles. The highest BCUT2D eigenvalue weighted by atomic mass is 16.7. The molecule has 0 bridgehead atoms. The predicted octanol–water partition coefficient (Wildman–Crippen LogP) is 0.331. The van der Waals surface area contributed by atoms with Crippen LogP contribution in [0.5, 0.6) is 0 Å². The van der Waals surface area contributed by atoms with Gasteiger partial charge in [0.2, 0.25) is 5.91 Å². The van der Waals surface area contributed by atoms with Gasteiger partial charge in [-0.25, -0.2) is 4.79 Å². The first-order valence-corrected chi connectivity index (χ1v) is 9.60. The van der Waals surface area contributed by atoms with Crippen molar-refractivity contribution >= 4 is 23.7 Å². The molecule has 9 heteroatoms. The van der Waals surface area contributed by atoms with Crippen LogP contribution >= 0.6 is 0 Å². The first kappa shape index (κ1) is 18.3. The fourth-order valence-electron chi connectivity index (χ4n) is 5.02. The van der Waals surface area contributed by atoms with Crippen molar-refractivity contribution in [3.05, 3.63) is 35.4 Å². The number of nitrogens with zero attached hydrogens (tertiary/aromatic N) is 2. The van der Waals surface area contributed by atoms with Crippen LogP contribution in [0.2, 0.25) is 0 Å². The number of hydrogen-bond donors (Lipinski definition) is 0. The maximum atomic E-state index is 13.3. The molecule has 3 atom stereocenters. The Morgan fingerprint density at radius 1 is 1.07 bits per heavy atom. The highest BCUT2D eigenvalue weighted by Gasteiger charge is 2.59. The zero-order chi connectivity index (χ0) is 20.3. The molecule has 1 aromatic carbocycles. The van der Waals surface area contributed by atoms with E-state index in [-0.39, 0.29) is 12.8 Å². The number of methoxy groups -OCH3 is 1. The minimum absolute atomic E-state index is 0.163. The van der Waals surface area contributed by atoms with Crippen molar-refractivity contribution in [1.29, 1.82) is 0 Å². The minimum atomic E-state index is -0.962. The van der Waals surface area contributed by atoms with Gasteiger partial charge in [0, 0.05) is 18.9 Å². The minimum Gasteiger partial charge on any atom is -0.467 e. The number of fused-ring (bicyclic) bond motifs is 2. The van der Waals surface area contributed by atoms with Gasteiger partial charge in [0.25, 0.3) is 11.8 Å². The van der Waals surface area contributed by atoms with Gasteiger partial charge in [-0.15, -0.1) is 0 Å². The van der Waals surface area contributed by atoms with Crippen molar-refractivity contribution in [3.8, 4) is 0 Å². The van der Waals surface area contributed by atoms with E-state index < -0.39 is 47.6 Å². The van der Waals surface area contributed by atoms with Gasteiger partial charge in [-0.1, -0.05) is 12.1 Å². The molecule has 1 spiro atoms. The molecule has 4 aliphatic heterocycles. The summed E-state index contributed by atoms with van der Waals surface area (Å²) in [6, 6.07) is 4.27. The van der Waals surface area contributed by atoms with Gasteiger partial charge < -0.3 is 19.1 Å². The van der Waals surface area contributed by atoms with Gasteiger partial charge in [0.15, 0.2) is 5.79 Å². The van der Waals surface area contributed by atoms with Crippen LogP contribution in [0.15, 0.2) is 24.3 Å². The average Bonchev–Trinajstić information content (AvgIpc) is 3.38. The number of piperidine rings is 1. The van der Waals surface area contributed by atoms with E-state index in [1.807, 2.05) is 0 Å². The second-order valence-electron chi connectivity index (χ2n) is 7.73. The van der Waals surface area contributed by atoms with E-state index >= 15 is 0 Å². The molecule has 0 aromatic heterocycles. The van der Waals surface area contributed by atoms with Crippen LogP contribution in [0.1, 0.15) is 40.0 Å². The molecular weight excluding hydrogens is 380 g/mol. The number of esters is 1. The standard InChI is InChI=1S/C20H20N2O7/c1-27-19(26)15-10-20(28-6-7-29-20)9-11-8-14(18(25)21(11)15)22-16(23)12-4-2-3-5-13(12)17(22)24/h2-5,11,14-15H,6-10H2,1H3/t11-,14?,15-/m0/s1. The third-order valence-corrected chi connectivity index (χ3v) is 6.24. The normalized spacial score (nSPS) is 30.1. The van der Waals surface area contributed by atoms with Crippen LogP contribution in [0.25, 0.3) is 0 Å². The number of ether oxygens (including phenoxy) is 3. The van der Waals surface area contributed by atoms with Crippen LogP contribution < -0.4 is 0 Å². The fourth-order valence-corrected chi connectivity index (χ4v) is 5.02. The summed E-state index contributed by atoms with van der Waals surface area (Å²) in [6.07, 6.45) is 0.773. The molecule has 0 radical (unpaired) electrons. The Hall–Kier alpha value is -2.78. The van der Waals surface area contributed by atoms with Crippen LogP contribution in [0.4, 0.5) is 0 Å². The summed E-state index contributed by atoms with van der Waals surface area (Å²) in [4.78, 5) is 54.0. The molecule has 5 rings (SSSR count). The first-order valence-electron chi connectivity index (χ1n) is 9.60. The molecule has 3 fully saturated rings. The van der Waals surface area contributed by atoms with Crippen molar-refractivity contribution in [2.75, 3.05) is 20.3 Å². The fraction of sp³-hybridized carbons (Fsp3) is 0.500. The number of rotatable bonds is 2. The lowest BCUT2D eigenvalue weighted by Crippen LogP contribution is -2.58. The lowest BCUT2D eigenvalue weighted by atomic mass is 9.90. The second-order valence-corrected chi connectivity index (χ2v) is 7.73. The Bertz CT molecular complexity index is 888. The smallest absolute Gasteiger partial charge is 0.328 e. The molecule has 1 unspecified atom stereocenters. The summed E-state index contributed by atoms with van der Waals surface area (Å²) in [5, 5.41) is 0. The van der Waals surface area contributed by atoms with Crippen LogP contribution in [-0.4, -0.2) is 77.7 Å². The number of carbonyl (C=O) groups is 4. The molecular formula is C20H20N2O7. The van der Waals surface area contributed by atoms with Gasteiger partial charge in [0.05, 0.1) is 31.5 Å². The van der Waals surface area contributed by atoms with Gasteiger partial charge in [-0.05, 0) is 18.6 Å². The summed E-state index contributed by atoms with van der Waals surface area (Å²) in [5.74, 6) is -2.91. The Morgan fingerprint density at radius 3 is 2.28 bits per heavy atom. The maximum Gasteiger partial charge on any atom is 0.328 e. The zero-order valence-electron chi connectivity index (χ0n) is 15.8. The Morgan fingerprint density at radius 2 is 1.69 bits per heavy atom. The quantitative estimate of drug-likeness (QED) is 0.521. The Balaban J connectivity index is 1.48. The highest BCUT2D eigenvalue weighted by Crippen LogP contribution is 2.44. The van der Waals surface area contributed by atoms with Crippen molar-refractivity contribution in [3.63, 3.8) is 0 Å². The van der Waals surface area contributed by atoms with E-state index in [0.29, 0.717) is 30.8 Å². The third-order valence-electron chi connectivity index (χ3n) is 6.24. The average molecular weight is 400 g/mol. The molecule has 0 aliphatic carbocycles. The Labute approximate surface area is 166 Å². The SMILES string of the molecule is COC(=O)[C@@H]1CC2(C[C@@H]3CC(N4C(=O)c5ccccc5C4=O)C(=O)N31)OCCO2. The van der Waals surface area contributed by atoms with E-state index in [9.17, 15) is 19.2 Å². The monoisotopic (exact) mass is 400 g/mol. The molecule has 0 N–H and O–H groups in total. The van der Waals surface area contributed by atoms with E-state index in [4.69, 9.17) is 14.2 Å². The number of carbonyl (C=O) groups excluding carboxylic acids is 4. The maximum absolute atomic E-state index is 13.3. The summed E-state index contributed by atoms with van der Waals surface area (Å²) >= 11 is 0. The van der Waals surface area contributed by atoms with Gasteiger partial charge in [-0.3, -0.25) is 19.3 Å². The predicted molar refractivity (Wildman–Crippen MR) is 95.7 cm³/mol. The lowest BCUT2D eigenvalue weighted by Gasteiger charge is -2.44. The van der Waals surface area contributed by atoms with Crippen LogP contribution in [-0.2, 0) is 23.8 Å². The van der Waals surface area contributed by atoms with Crippen molar-refractivity contribution in [1.82, 2.24) is 9.80 Å². The topological polar surface area (TPSA) is 102 Å². The van der Waals surface area contributed by atoms with E-state index in [1.54, 1.807) is 24.3 Å². The second kappa shape index (κ2) is 6.36. The number of hydrogen-bond acceptors (Lipinski definition) is 7. The molecule has 4 aliphatic rings.